The molecule has 1 heteroatoms. The van der Waals surface area contributed by atoms with Gasteiger partial charge in [0.15, 0.2) is 0 Å². The fourth-order valence-corrected chi connectivity index (χ4v) is 8.51. The Morgan fingerprint density at radius 3 is 1.70 bits per heavy atom. The maximum atomic E-state index is 2.54. The van der Waals surface area contributed by atoms with Crippen LogP contribution in [0.25, 0.3) is 5.57 Å². The van der Waals surface area contributed by atoms with E-state index in [-0.39, 0.29) is 0 Å². The van der Waals surface area contributed by atoms with Gasteiger partial charge < -0.3 is 0 Å². The van der Waals surface area contributed by atoms with Gasteiger partial charge in [0.1, 0.15) is 8.80 Å². The maximum absolute atomic E-state index is 2.54. The molecule has 0 aromatic heterocycles. The van der Waals surface area contributed by atoms with Gasteiger partial charge in [0.05, 0.1) is 0 Å². The molecule has 0 atom stereocenters. The number of aryl methyl sites for hydroxylation is 2. The fourth-order valence-electron chi connectivity index (χ4n) is 5.22. The first-order valence-corrected chi connectivity index (χ1v) is 13.6. The lowest BCUT2D eigenvalue weighted by Gasteiger charge is -2.22. The van der Waals surface area contributed by atoms with Crippen molar-refractivity contribution >= 4 is 24.7 Å². The molecule has 0 bridgehead atoms. The van der Waals surface area contributed by atoms with E-state index in [2.05, 4.69) is 129 Å². The molecule has 1 aliphatic rings. The lowest BCUT2D eigenvalue weighted by Crippen LogP contribution is -2.44. The van der Waals surface area contributed by atoms with Crippen molar-refractivity contribution in [2.45, 2.75) is 26.7 Å². The zero-order valence-electron chi connectivity index (χ0n) is 19.5. The van der Waals surface area contributed by atoms with Crippen LogP contribution in [0.4, 0.5) is 0 Å². The highest BCUT2D eigenvalue weighted by molar-refractivity contribution is 6.91. The van der Waals surface area contributed by atoms with E-state index in [4.69, 9.17) is 0 Å². The minimum Gasteiger partial charge on any atom is -0.0801 e. The Morgan fingerprint density at radius 2 is 1.15 bits per heavy atom. The molecule has 1 aliphatic carbocycles. The van der Waals surface area contributed by atoms with Crippen molar-refractivity contribution in [1.82, 2.24) is 0 Å². The molecule has 0 N–H and O–H groups in total. The molecule has 0 radical (unpaired) electrons. The average molecular weight is 443 g/mol. The summed E-state index contributed by atoms with van der Waals surface area (Å²) in [6, 6.07) is 40.3. The summed E-state index contributed by atoms with van der Waals surface area (Å²) in [4.78, 5) is 0. The standard InChI is InChI=1S/C32H30Si/c1-24-20-25(2)22-27(21-24)30-18-19-32(31(30)23-26-12-6-3-7-13-26)33(28-14-8-4-9-15-28)29-16-10-5-11-17-29/h3-17,19-22,33H,18,23H2,1-2H3. The molecule has 33 heavy (non-hydrogen) atoms. The Bertz CT molecular complexity index is 1240. The van der Waals surface area contributed by atoms with Crippen LogP contribution < -0.4 is 10.4 Å². The molecule has 5 rings (SSSR count). The van der Waals surface area contributed by atoms with Crippen LogP contribution in [-0.4, -0.2) is 8.80 Å². The Kier molecular flexibility index (Phi) is 6.23. The molecule has 0 nitrogen and oxygen atoms in total. The summed E-state index contributed by atoms with van der Waals surface area (Å²) < 4.78 is 0. The first-order chi connectivity index (χ1) is 16.2. The molecule has 162 valence electrons. The molecule has 0 heterocycles. The van der Waals surface area contributed by atoms with Gasteiger partial charge in [-0.2, -0.15) is 0 Å². The van der Waals surface area contributed by atoms with Crippen LogP contribution in [0.15, 0.2) is 126 Å². The molecule has 4 aromatic carbocycles. The van der Waals surface area contributed by atoms with Gasteiger partial charge in [-0.1, -0.05) is 142 Å². The second-order valence-electron chi connectivity index (χ2n) is 9.11. The van der Waals surface area contributed by atoms with Gasteiger partial charge >= 0.3 is 0 Å². The van der Waals surface area contributed by atoms with E-state index in [1.807, 2.05) is 0 Å². The third-order valence-electron chi connectivity index (χ3n) is 6.61. The van der Waals surface area contributed by atoms with Gasteiger partial charge in [-0.05, 0) is 49.0 Å². The largest absolute Gasteiger partial charge is 0.132 e. The SMILES string of the molecule is Cc1cc(C)cc(C2=C(Cc3ccccc3)C([SiH](c3ccccc3)c3ccccc3)=CC2)c1. The molecular formula is C32H30Si. The summed E-state index contributed by atoms with van der Waals surface area (Å²) in [5.74, 6) is 0. The topological polar surface area (TPSA) is 0 Å². The lowest BCUT2D eigenvalue weighted by atomic mass is 9.94. The predicted molar refractivity (Wildman–Crippen MR) is 145 cm³/mol. The fraction of sp³-hybridized carbons (Fsp3) is 0.125. The van der Waals surface area contributed by atoms with Crippen molar-refractivity contribution in [3.05, 3.63) is 148 Å². The molecule has 0 saturated heterocycles. The van der Waals surface area contributed by atoms with Crippen LogP contribution in [0.1, 0.15) is 28.7 Å². The zero-order valence-corrected chi connectivity index (χ0v) is 20.6. The van der Waals surface area contributed by atoms with Crippen LogP contribution in [-0.2, 0) is 6.42 Å². The number of hydrogen-bond acceptors (Lipinski definition) is 0. The van der Waals surface area contributed by atoms with Gasteiger partial charge in [0, 0.05) is 0 Å². The summed E-state index contributed by atoms with van der Waals surface area (Å²) in [7, 11) is -1.59. The Hall–Kier alpha value is -3.42. The van der Waals surface area contributed by atoms with E-state index in [9.17, 15) is 0 Å². The quantitative estimate of drug-likeness (QED) is 0.311. The predicted octanol–water partition coefficient (Wildman–Crippen LogP) is 6.21. The van der Waals surface area contributed by atoms with Gasteiger partial charge in [-0.3, -0.25) is 0 Å². The van der Waals surface area contributed by atoms with Crippen LogP contribution >= 0.6 is 0 Å². The number of rotatable bonds is 6. The molecule has 0 amide bonds. The van der Waals surface area contributed by atoms with Crippen LogP contribution in [0, 0.1) is 13.8 Å². The van der Waals surface area contributed by atoms with E-state index in [1.54, 1.807) is 5.20 Å². The van der Waals surface area contributed by atoms with E-state index in [0.717, 1.165) is 12.8 Å². The third-order valence-corrected chi connectivity index (χ3v) is 9.92. The van der Waals surface area contributed by atoms with Crippen molar-refractivity contribution < 1.29 is 0 Å². The highest BCUT2D eigenvalue weighted by atomic mass is 28.3. The lowest BCUT2D eigenvalue weighted by molar-refractivity contribution is 1.19. The smallest absolute Gasteiger partial charge is 0.0801 e. The molecule has 0 fully saturated rings. The van der Waals surface area contributed by atoms with Crippen molar-refractivity contribution in [2.75, 3.05) is 0 Å². The van der Waals surface area contributed by atoms with E-state index >= 15 is 0 Å². The van der Waals surface area contributed by atoms with Crippen molar-refractivity contribution in [2.24, 2.45) is 0 Å². The summed E-state index contributed by atoms with van der Waals surface area (Å²) >= 11 is 0. The van der Waals surface area contributed by atoms with E-state index in [0.29, 0.717) is 0 Å². The van der Waals surface area contributed by atoms with Crippen LogP contribution in [0.5, 0.6) is 0 Å². The maximum Gasteiger partial charge on any atom is 0.132 e. The Labute approximate surface area is 199 Å². The molecule has 0 unspecified atom stereocenters. The molecule has 4 aromatic rings. The Balaban J connectivity index is 1.68. The normalized spacial score (nSPS) is 13.5. The van der Waals surface area contributed by atoms with Crippen molar-refractivity contribution in [3.63, 3.8) is 0 Å². The number of hydrogen-bond donors (Lipinski definition) is 0. The van der Waals surface area contributed by atoms with Crippen molar-refractivity contribution in [3.8, 4) is 0 Å². The van der Waals surface area contributed by atoms with Gasteiger partial charge in [0.25, 0.3) is 0 Å². The first kappa shape index (κ1) is 21.4. The molecular weight excluding hydrogens is 412 g/mol. The summed E-state index contributed by atoms with van der Waals surface area (Å²) in [6.45, 7) is 4.42. The van der Waals surface area contributed by atoms with Gasteiger partial charge in [-0.15, -0.1) is 0 Å². The highest BCUT2D eigenvalue weighted by Crippen LogP contribution is 2.37. The second kappa shape index (κ2) is 9.60. The Morgan fingerprint density at radius 1 is 0.636 bits per heavy atom. The first-order valence-electron chi connectivity index (χ1n) is 11.8. The summed E-state index contributed by atoms with van der Waals surface area (Å²) in [5, 5.41) is 4.56. The molecule has 0 aliphatic heterocycles. The monoisotopic (exact) mass is 442 g/mol. The third kappa shape index (κ3) is 4.69. The minimum absolute atomic E-state index is 0.984. The minimum atomic E-state index is -1.59. The van der Waals surface area contributed by atoms with Crippen molar-refractivity contribution in [1.29, 1.82) is 0 Å². The average Bonchev–Trinajstić information content (AvgIpc) is 3.24. The number of benzene rings is 4. The summed E-state index contributed by atoms with van der Waals surface area (Å²) in [5.41, 5.74) is 8.49. The highest BCUT2D eigenvalue weighted by Gasteiger charge is 2.29. The van der Waals surface area contributed by atoms with Gasteiger partial charge in [-0.25, -0.2) is 0 Å². The van der Waals surface area contributed by atoms with Gasteiger partial charge in [0.2, 0.25) is 0 Å². The van der Waals surface area contributed by atoms with E-state index in [1.165, 1.54) is 43.8 Å². The number of allylic oxidation sites excluding steroid dienone is 4. The van der Waals surface area contributed by atoms with Crippen LogP contribution in [0.3, 0.4) is 0 Å². The molecule has 0 saturated carbocycles. The molecule has 0 spiro atoms. The van der Waals surface area contributed by atoms with E-state index < -0.39 is 8.80 Å². The zero-order chi connectivity index (χ0) is 22.6. The summed E-state index contributed by atoms with van der Waals surface area (Å²) in [6.07, 6.45) is 4.55. The second-order valence-corrected chi connectivity index (χ2v) is 11.9. The van der Waals surface area contributed by atoms with Crippen LogP contribution in [0.2, 0.25) is 0 Å².